The van der Waals surface area contributed by atoms with E-state index in [1.807, 2.05) is 13.0 Å². The number of carbonyl (C=O) groups excluding carboxylic acids is 2. The summed E-state index contributed by atoms with van der Waals surface area (Å²) in [5.74, 6) is -0.830. The van der Waals surface area contributed by atoms with Crippen LogP contribution < -0.4 is 0 Å². The summed E-state index contributed by atoms with van der Waals surface area (Å²) in [5.41, 5.74) is 3.43. The minimum Gasteiger partial charge on any atom is -0.472 e. The van der Waals surface area contributed by atoms with Gasteiger partial charge in [0.25, 0.3) is 0 Å². The molecule has 4 aliphatic rings. The average molecular weight is 352 g/mol. The Kier molecular flexibility index (Phi) is 3.01. The summed E-state index contributed by atoms with van der Waals surface area (Å²) < 4.78 is 16.0. The summed E-state index contributed by atoms with van der Waals surface area (Å²) in [6.07, 6.45) is 7.27. The Balaban J connectivity index is 1.74. The normalized spacial score (nSPS) is 32.6. The van der Waals surface area contributed by atoms with Crippen LogP contribution >= 0.6 is 0 Å². The molecule has 0 saturated carbocycles. The Hall–Kier alpha value is -2.86. The Labute approximate surface area is 149 Å². The molecule has 3 atom stereocenters. The van der Waals surface area contributed by atoms with E-state index in [-0.39, 0.29) is 6.61 Å². The first-order valence-electron chi connectivity index (χ1n) is 8.46. The standard InChI is InChI=1S/C20H16O6/c1-10-14-6-12(21)7-15-19(23)25-9-20(14,15)4-2-13-16(10)17(26-18(13)22)11-3-5-24-8-11/h2-5,7-8,12,17,21H,6,9H2,1H3/t12-,17+,20+/m1/s1. The maximum absolute atomic E-state index is 12.5. The Morgan fingerprint density at radius 3 is 2.88 bits per heavy atom. The van der Waals surface area contributed by atoms with Crippen LogP contribution in [0, 0.1) is 5.41 Å². The van der Waals surface area contributed by atoms with Crippen LogP contribution in [0.3, 0.4) is 0 Å². The van der Waals surface area contributed by atoms with Crippen molar-refractivity contribution in [3.05, 3.63) is 70.2 Å². The number of esters is 2. The van der Waals surface area contributed by atoms with Crippen molar-refractivity contribution in [2.24, 2.45) is 5.41 Å². The maximum Gasteiger partial charge on any atom is 0.339 e. The number of cyclic esters (lactones) is 2. The summed E-state index contributed by atoms with van der Waals surface area (Å²) in [7, 11) is 0. The van der Waals surface area contributed by atoms with Gasteiger partial charge in [0, 0.05) is 11.1 Å². The quantitative estimate of drug-likeness (QED) is 0.781. The highest BCUT2D eigenvalue weighted by Gasteiger charge is 2.52. The van der Waals surface area contributed by atoms with E-state index >= 15 is 0 Å². The summed E-state index contributed by atoms with van der Waals surface area (Å²) in [4.78, 5) is 24.7. The van der Waals surface area contributed by atoms with Crippen molar-refractivity contribution in [3.63, 3.8) is 0 Å². The predicted molar refractivity (Wildman–Crippen MR) is 88.5 cm³/mol. The molecule has 1 saturated heterocycles. The second-order valence-corrected chi connectivity index (χ2v) is 7.01. The van der Waals surface area contributed by atoms with E-state index in [4.69, 9.17) is 13.9 Å². The first-order chi connectivity index (χ1) is 12.5. The largest absolute Gasteiger partial charge is 0.472 e. The molecule has 1 spiro atoms. The number of hydrogen-bond donors (Lipinski definition) is 1. The van der Waals surface area contributed by atoms with E-state index in [1.165, 1.54) is 6.26 Å². The van der Waals surface area contributed by atoms with E-state index in [0.717, 1.165) is 22.3 Å². The van der Waals surface area contributed by atoms with Crippen molar-refractivity contribution in [1.82, 2.24) is 0 Å². The lowest BCUT2D eigenvalue weighted by atomic mass is 9.68. The SMILES string of the molecule is CC1=C2C[C@@H](O)C=C3C(=O)OC[C@]32C=CC2=C1[C@H](c1ccoc1)OC2=O. The fourth-order valence-corrected chi connectivity index (χ4v) is 4.44. The zero-order valence-corrected chi connectivity index (χ0v) is 14.0. The molecule has 5 rings (SSSR count). The van der Waals surface area contributed by atoms with Gasteiger partial charge in [-0.25, -0.2) is 9.59 Å². The van der Waals surface area contributed by atoms with Crippen molar-refractivity contribution < 1.29 is 28.6 Å². The zero-order chi connectivity index (χ0) is 18.1. The fourth-order valence-electron chi connectivity index (χ4n) is 4.44. The molecule has 132 valence electrons. The number of ether oxygens (including phenoxy) is 2. The van der Waals surface area contributed by atoms with Crippen molar-refractivity contribution in [3.8, 4) is 0 Å². The molecule has 6 heteroatoms. The van der Waals surface area contributed by atoms with Crippen molar-refractivity contribution in [2.75, 3.05) is 6.61 Å². The Morgan fingerprint density at radius 1 is 1.27 bits per heavy atom. The van der Waals surface area contributed by atoms with Crippen molar-refractivity contribution >= 4 is 11.9 Å². The maximum atomic E-state index is 12.5. The third-order valence-electron chi connectivity index (χ3n) is 5.68. The molecule has 26 heavy (non-hydrogen) atoms. The molecule has 0 bridgehead atoms. The monoisotopic (exact) mass is 352 g/mol. The number of hydrogen-bond acceptors (Lipinski definition) is 6. The van der Waals surface area contributed by atoms with Crippen LogP contribution in [0.5, 0.6) is 0 Å². The van der Waals surface area contributed by atoms with Gasteiger partial charge >= 0.3 is 11.9 Å². The number of carbonyl (C=O) groups is 2. The van der Waals surface area contributed by atoms with Crippen molar-refractivity contribution in [2.45, 2.75) is 25.6 Å². The predicted octanol–water partition coefficient (Wildman–Crippen LogP) is 2.29. The van der Waals surface area contributed by atoms with E-state index in [0.29, 0.717) is 17.6 Å². The molecule has 1 aromatic rings. The average Bonchev–Trinajstić information content (AvgIpc) is 3.30. The summed E-state index contributed by atoms with van der Waals surface area (Å²) >= 11 is 0. The number of furan rings is 1. The molecule has 0 aromatic carbocycles. The van der Waals surface area contributed by atoms with Gasteiger partial charge in [0.15, 0.2) is 6.10 Å². The second-order valence-electron chi connectivity index (χ2n) is 7.01. The van der Waals surface area contributed by atoms with Gasteiger partial charge < -0.3 is 19.0 Å². The number of aliphatic hydroxyl groups is 1. The minimum absolute atomic E-state index is 0.180. The van der Waals surface area contributed by atoms with E-state index in [9.17, 15) is 14.7 Å². The first kappa shape index (κ1) is 15.4. The van der Waals surface area contributed by atoms with Gasteiger partial charge in [0.2, 0.25) is 0 Å². The third-order valence-corrected chi connectivity index (χ3v) is 5.68. The highest BCUT2D eigenvalue weighted by molar-refractivity contribution is 5.99. The molecule has 1 fully saturated rings. The molecule has 2 aliphatic heterocycles. The molecule has 2 aliphatic carbocycles. The highest BCUT2D eigenvalue weighted by Crippen LogP contribution is 2.54. The van der Waals surface area contributed by atoms with Crippen LogP contribution in [0.1, 0.15) is 25.0 Å². The Bertz CT molecular complexity index is 958. The molecule has 0 amide bonds. The summed E-state index contributed by atoms with van der Waals surface area (Å²) in [6, 6.07) is 1.76. The topological polar surface area (TPSA) is 86.0 Å². The molecule has 0 unspecified atom stereocenters. The molecule has 6 nitrogen and oxygen atoms in total. The van der Waals surface area contributed by atoms with Crippen LogP contribution in [-0.4, -0.2) is 29.8 Å². The lowest BCUT2D eigenvalue weighted by molar-refractivity contribution is -0.139. The first-order valence-corrected chi connectivity index (χ1v) is 8.46. The van der Waals surface area contributed by atoms with Crippen molar-refractivity contribution in [1.29, 1.82) is 0 Å². The van der Waals surface area contributed by atoms with Crippen LogP contribution in [0.15, 0.2) is 69.1 Å². The lowest BCUT2D eigenvalue weighted by Gasteiger charge is -2.34. The lowest BCUT2D eigenvalue weighted by Crippen LogP contribution is -2.32. The third kappa shape index (κ3) is 1.85. The molecule has 0 radical (unpaired) electrons. The van der Waals surface area contributed by atoms with Crippen LogP contribution in [0.25, 0.3) is 0 Å². The van der Waals surface area contributed by atoms with E-state index in [1.54, 1.807) is 24.5 Å². The summed E-state index contributed by atoms with van der Waals surface area (Å²) in [6.45, 7) is 2.09. The fraction of sp³-hybridized carbons (Fsp3) is 0.300. The second kappa shape index (κ2) is 5.08. The van der Waals surface area contributed by atoms with Crippen LogP contribution in [0.2, 0.25) is 0 Å². The molecular weight excluding hydrogens is 336 g/mol. The molecule has 3 heterocycles. The minimum atomic E-state index is -0.769. The van der Waals surface area contributed by atoms with Gasteiger partial charge in [-0.15, -0.1) is 0 Å². The van der Waals surface area contributed by atoms with Gasteiger partial charge in [0.05, 0.1) is 35.2 Å². The highest BCUT2D eigenvalue weighted by atomic mass is 16.6. The zero-order valence-electron chi connectivity index (χ0n) is 14.0. The van der Waals surface area contributed by atoms with E-state index in [2.05, 4.69) is 0 Å². The summed E-state index contributed by atoms with van der Waals surface area (Å²) in [5, 5.41) is 10.3. The van der Waals surface area contributed by atoms with Crippen LogP contribution in [0.4, 0.5) is 0 Å². The van der Waals surface area contributed by atoms with Crippen LogP contribution in [-0.2, 0) is 19.1 Å². The number of aliphatic hydroxyl groups excluding tert-OH is 1. The van der Waals surface area contributed by atoms with Gasteiger partial charge in [0.1, 0.15) is 6.61 Å². The van der Waals surface area contributed by atoms with Gasteiger partial charge in [-0.2, -0.15) is 0 Å². The molecular formula is C20H16O6. The number of rotatable bonds is 1. The van der Waals surface area contributed by atoms with Gasteiger partial charge in [-0.3, -0.25) is 0 Å². The van der Waals surface area contributed by atoms with E-state index < -0.39 is 29.6 Å². The smallest absolute Gasteiger partial charge is 0.339 e. The van der Waals surface area contributed by atoms with Gasteiger partial charge in [-0.05, 0) is 42.7 Å². The van der Waals surface area contributed by atoms with Gasteiger partial charge in [-0.1, -0.05) is 6.08 Å². The molecule has 1 N–H and O–H groups in total. The Morgan fingerprint density at radius 2 is 2.12 bits per heavy atom. The molecule has 1 aromatic heterocycles.